The van der Waals surface area contributed by atoms with Gasteiger partial charge in [-0.05, 0) is 72.2 Å². The van der Waals surface area contributed by atoms with E-state index in [1.54, 1.807) is 11.8 Å². The third-order valence-corrected chi connectivity index (χ3v) is 16.2. The molecule has 0 fully saturated rings. The van der Waals surface area contributed by atoms with Gasteiger partial charge in [-0.2, -0.15) is 29.4 Å². The van der Waals surface area contributed by atoms with Crippen molar-refractivity contribution in [2.24, 2.45) is 17.8 Å². The minimum absolute atomic E-state index is 0.00703. The number of carboxylic acid groups (broad SMARTS) is 5. The molecule has 2 heterocycles. The number of ketones is 3. The number of hydrogen-bond acceptors (Lipinski definition) is 20. The van der Waals surface area contributed by atoms with E-state index in [0.717, 1.165) is 5.75 Å². The van der Waals surface area contributed by atoms with Crippen LogP contribution in [0.15, 0.2) is 83.8 Å². The number of carbonyl (C=O) groups is 12. The summed E-state index contributed by atoms with van der Waals surface area (Å²) in [5, 5.41) is 61.5. The fraction of sp³-hybridized carbons (Fsp3) is 0.400. The number of aromatic nitrogens is 4. The van der Waals surface area contributed by atoms with Crippen LogP contribution >= 0.6 is 24.4 Å². The topological polar surface area (TPSA) is 464 Å². The van der Waals surface area contributed by atoms with Gasteiger partial charge in [0.1, 0.15) is 11.8 Å². The van der Waals surface area contributed by atoms with Crippen LogP contribution in [-0.2, 0) is 59.3 Å². The summed E-state index contributed by atoms with van der Waals surface area (Å²) in [4.78, 5) is 181. The number of Topliss-reactive ketones (excluding diaryl/α,β-unsaturated/α-hetero) is 3. The number of unbranched alkanes of at least 4 members (excludes halogenated alkanes) is 1. The monoisotopic (exact) mass is 1280 g/mol. The molecule has 2 aromatic heterocycles. The zero-order valence-corrected chi connectivity index (χ0v) is 50.1. The summed E-state index contributed by atoms with van der Waals surface area (Å²) >= 11 is 5.66. The number of nitrogens with one attached hydrogen (secondary N) is 6. The number of aliphatic carboxylic acids is 5. The third kappa shape index (κ3) is 20.8. The molecule has 0 saturated carbocycles. The molecule has 1 aliphatic rings. The van der Waals surface area contributed by atoms with Crippen molar-refractivity contribution >= 4 is 118 Å². The van der Waals surface area contributed by atoms with Gasteiger partial charge in [0, 0.05) is 73.1 Å². The Labute approximate surface area is 523 Å². The van der Waals surface area contributed by atoms with E-state index in [1.165, 1.54) is 52.7 Å². The van der Waals surface area contributed by atoms with Crippen LogP contribution in [0.25, 0.3) is 22.3 Å². The number of anilines is 2. The number of carboxylic acids is 5. The molecule has 90 heavy (non-hydrogen) atoms. The van der Waals surface area contributed by atoms with E-state index in [-0.39, 0.29) is 79.0 Å². The Balaban J connectivity index is 1.00. The van der Waals surface area contributed by atoms with E-state index >= 15 is 0 Å². The molecule has 0 bridgehead atoms. The van der Waals surface area contributed by atoms with Crippen LogP contribution in [-0.4, -0.2) is 158 Å². The molecule has 30 heteroatoms. The first kappa shape index (κ1) is 69.5. The number of hydrogen-bond donors (Lipinski definition) is 13. The van der Waals surface area contributed by atoms with Gasteiger partial charge in [0.2, 0.25) is 23.7 Å². The number of nitrogens with two attached hydrogens (primary N) is 1. The van der Waals surface area contributed by atoms with Gasteiger partial charge in [-0.25, -0.2) is 14.8 Å². The van der Waals surface area contributed by atoms with E-state index < -0.39 is 158 Å². The number of thiol groups is 1. The van der Waals surface area contributed by atoms with Gasteiger partial charge in [0.25, 0.3) is 11.5 Å². The Morgan fingerprint density at radius 2 is 1.22 bits per heavy atom. The molecule has 3 aromatic carbocycles. The lowest BCUT2D eigenvalue weighted by molar-refractivity contribution is -0.145. The Kier molecular flexibility index (Phi) is 26.0. The second-order valence-corrected chi connectivity index (χ2v) is 22.8. The number of carbonyl (C=O) groups excluding carboxylic acids is 7. The zero-order chi connectivity index (χ0) is 65.6. The maximum absolute atomic E-state index is 13.9. The summed E-state index contributed by atoms with van der Waals surface area (Å²) in [6, 6.07) is 17.0. The zero-order valence-electron chi connectivity index (χ0n) is 48.4. The highest BCUT2D eigenvalue weighted by Crippen LogP contribution is 2.45. The van der Waals surface area contributed by atoms with Gasteiger partial charge >= 0.3 is 29.8 Å². The molecule has 0 aliphatic heterocycles. The minimum Gasteiger partial charge on any atom is -0.481 e. The van der Waals surface area contributed by atoms with E-state index in [9.17, 15) is 87.9 Å². The van der Waals surface area contributed by atoms with Gasteiger partial charge in [-0.3, -0.25) is 62.5 Å². The highest BCUT2D eigenvalue weighted by atomic mass is 32.2. The number of nitrogens with zero attached hydrogens (tertiary/aromatic N) is 3. The summed E-state index contributed by atoms with van der Waals surface area (Å²) in [6.45, 7) is 0.258. The second-order valence-electron chi connectivity index (χ2n) is 21.3. The largest absolute Gasteiger partial charge is 0.481 e. The molecule has 1 aliphatic carbocycles. The summed E-state index contributed by atoms with van der Waals surface area (Å²) in [5.74, 6) is -18.0. The van der Waals surface area contributed by atoms with Crippen LogP contribution in [0, 0.1) is 17.8 Å². The average molecular weight is 1280 g/mol. The van der Waals surface area contributed by atoms with Crippen LogP contribution in [0.3, 0.4) is 0 Å². The summed E-state index contributed by atoms with van der Waals surface area (Å²) in [6.07, 6.45) is -5.03. The van der Waals surface area contributed by atoms with Gasteiger partial charge < -0.3 is 57.9 Å². The number of benzene rings is 3. The standard InChI is InChI=1S/C60H68N10O18S2/c61-60-69-53-52(57(84)70-60)65-36(28-64-53)27-63-35-14-12-31(13-15-35)54(81)67-44(59(87)88)17-16-37(71)21-32(24-49(75)76)55(82)68-45(26-51(79)80)47(73)22-33(25-50(77)78)56(83)66-43(46(72)23-34(29-89)58(85)86)11-5-6-19-62-48(74)18-20-90-30-42-40-9-3-1-7-38(40)39-8-2-4-10-41(39)42/h1-4,7-10,12-15,28,32-34,42-45,63,89H,5-6,11,16-27,29-30H2,(H,62,74)(H,66,83)(H,67,81)(H,68,82)(H,75,76)(H,77,78)(H,79,80)(H,85,86)(H,87,88)(H3,61,64,69,70,84)/t32-,33-,34+,43+,44-,45+/m0/s1. The summed E-state index contributed by atoms with van der Waals surface area (Å²) in [5.41, 5.74) is 10.7. The van der Waals surface area contributed by atoms with Gasteiger partial charge in [0.15, 0.2) is 22.7 Å². The molecule has 5 aromatic rings. The van der Waals surface area contributed by atoms with Crippen LogP contribution in [0.2, 0.25) is 0 Å². The lowest BCUT2D eigenvalue weighted by atomic mass is 9.91. The fourth-order valence-electron chi connectivity index (χ4n) is 10.0. The van der Waals surface area contributed by atoms with Crippen molar-refractivity contribution in [1.29, 1.82) is 0 Å². The number of fused-ring (bicyclic) bond motifs is 4. The van der Waals surface area contributed by atoms with E-state index in [0.29, 0.717) is 17.1 Å². The molecule has 0 spiro atoms. The molecule has 0 radical (unpaired) electrons. The number of H-pyrrole nitrogens is 1. The molecule has 6 rings (SSSR count). The van der Waals surface area contributed by atoms with Crippen LogP contribution < -0.4 is 37.9 Å². The lowest BCUT2D eigenvalue weighted by Crippen LogP contribution is -2.48. The Morgan fingerprint density at radius 3 is 1.82 bits per heavy atom. The third-order valence-electron chi connectivity index (χ3n) is 14.7. The first-order valence-electron chi connectivity index (χ1n) is 28.5. The normalized spacial score (nSPS) is 13.6. The van der Waals surface area contributed by atoms with Crippen molar-refractivity contribution in [2.45, 2.75) is 108 Å². The number of thioether (sulfide) groups is 1. The molecule has 0 unspecified atom stereocenters. The Bertz CT molecular complexity index is 3520. The average Bonchev–Trinajstić information content (AvgIpc) is 1.67. The molecule has 478 valence electrons. The number of nitrogen functional groups attached to an aromatic ring is 1. The van der Waals surface area contributed by atoms with Crippen molar-refractivity contribution in [2.75, 3.05) is 34.9 Å². The highest BCUT2D eigenvalue weighted by molar-refractivity contribution is 7.99. The highest BCUT2D eigenvalue weighted by Gasteiger charge is 2.36. The molecular weight excluding hydrogens is 1210 g/mol. The molecular formula is C60H68N10O18S2. The molecule has 0 saturated heterocycles. The van der Waals surface area contributed by atoms with Crippen molar-refractivity contribution in [3.63, 3.8) is 0 Å². The van der Waals surface area contributed by atoms with Crippen molar-refractivity contribution in [3.05, 3.63) is 112 Å². The summed E-state index contributed by atoms with van der Waals surface area (Å²) in [7, 11) is 0. The van der Waals surface area contributed by atoms with Crippen molar-refractivity contribution in [1.82, 2.24) is 41.2 Å². The van der Waals surface area contributed by atoms with Gasteiger partial charge in [0.05, 0.1) is 67.5 Å². The molecule has 13 N–H and O–H groups in total. The van der Waals surface area contributed by atoms with Gasteiger partial charge in [-0.1, -0.05) is 48.5 Å². The maximum atomic E-state index is 13.9. The van der Waals surface area contributed by atoms with Crippen LogP contribution in [0.5, 0.6) is 0 Å². The Morgan fingerprint density at radius 1 is 0.633 bits per heavy atom. The molecule has 4 amide bonds. The first-order valence-corrected chi connectivity index (χ1v) is 30.3. The SMILES string of the molecule is Nc1nc2ncc(CNc3ccc(C(=O)N[C@@H](CCC(=O)C[C@@H](CC(=O)O)C(=O)N[C@H](CC(=O)O)C(=O)C[C@@H](CC(=O)O)C(=O)N[C@H](CCCCNC(=O)CCSCC4c5ccccc5-c5ccccc54)C(=O)C[C@H](CS)C(=O)O)C(=O)O)cc3)nc2c(=O)[nH]1. The van der Waals surface area contributed by atoms with E-state index in [2.05, 4.69) is 83.4 Å². The number of rotatable bonds is 39. The predicted octanol–water partition coefficient (Wildman–Crippen LogP) is 3.23. The van der Waals surface area contributed by atoms with Crippen molar-refractivity contribution in [3.8, 4) is 11.1 Å². The maximum Gasteiger partial charge on any atom is 0.326 e. The summed E-state index contributed by atoms with van der Waals surface area (Å²) < 4.78 is 0. The molecule has 6 atom stereocenters. The minimum atomic E-state index is -2.04. The van der Waals surface area contributed by atoms with Crippen LogP contribution in [0.1, 0.15) is 110 Å². The van der Waals surface area contributed by atoms with E-state index in [1.807, 2.05) is 24.3 Å². The van der Waals surface area contributed by atoms with E-state index in [4.69, 9.17) is 5.73 Å². The number of aromatic amines is 1. The fourth-order valence-corrected chi connectivity index (χ4v) is 11.4. The lowest BCUT2D eigenvalue weighted by Gasteiger charge is -2.24. The second kappa shape index (κ2) is 33.7. The van der Waals surface area contributed by atoms with Crippen LogP contribution in [0.4, 0.5) is 11.6 Å². The smallest absolute Gasteiger partial charge is 0.326 e. The molecule has 28 nitrogen and oxygen atoms in total. The first-order chi connectivity index (χ1) is 42.9. The Hall–Kier alpha value is -9.58. The van der Waals surface area contributed by atoms with Crippen molar-refractivity contribution < 1.29 is 83.1 Å². The quantitative estimate of drug-likeness (QED) is 0.0198. The predicted molar refractivity (Wildman–Crippen MR) is 328 cm³/mol. The van der Waals surface area contributed by atoms with Gasteiger partial charge in [-0.15, -0.1) is 0 Å². The number of amides is 4.